The van der Waals surface area contributed by atoms with Crippen molar-refractivity contribution in [3.05, 3.63) is 29.8 Å². The van der Waals surface area contributed by atoms with Crippen LogP contribution in [-0.2, 0) is 0 Å². The highest BCUT2D eigenvalue weighted by atomic mass is 16.5. The third-order valence-electron chi connectivity index (χ3n) is 2.89. The lowest BCUT2D eigenvalue weighted by atomic mass is 10.2. The second kappa shape index (κ2) is 6.05. The Morgan fingerprint density at radius 3 is 2.83 bits per heavy atom. The monoisotopic (exact) mass is 247 g/mol. The lowest BCUT2D eigenvalue weighted by Crippen LogP contribution is -2.24. The average Bonchev–Trinajstić information content (AvgIpc) is 2.84. The highest BCUT2D eigenvalue weighted by Gasteiger charge is 2.17. The molecule has 5 nitrogen and oxygen atoms in total. The predicted octanol–water partition coefficient (Wildman–Crippen LogP) is 2.01. The summed E-state index contributed by atoms with van der Waals surface area (Å²) >= 11 is 0. The van der Waals surface area contributed by atoms with Crippen molar-refractivity contribution in [2.24, 2.45) is 10.8 Å². The number of hydrazone groups is 1. The van der Waals surface area contributed by atoms with E-state index >= 15 is 0 Å². The molecule has 3 N–H and O–H groups in total. The molecule has 1 aliphatic rings. The number of carbonyl (C=O) groups excluding carboxylic acids is 1. The first-order valence-corrected chi connectivity index (χ1v) is 6.10. The summed E-state index contributed by atoms with van der Waals surface area (Å²) in [5.74, 6) is 0.791. The van der Waals surface area contributed by atoms with Crippen LogP contribution >= 0.6 is 0 Å². The zero-order chi connectivity index (χ0) is 12.8. The average molecular weight is 247 g/mol. The van der Waals surface area contributed by atoms with Crippen LogP contribution < -0.4 is 15.9 Å². The number of nitrogens with two attached hydrogens (primary N) is 1. The van der Waals surface area contributed by atoms with Crippen LogP contribution in [0.4, 0.5) is 4.79 Å². The van der Waals surface area contributed by atoms with E-state index in [1.54, 1.807) is 0 Å². The zero-order valence-electron chi connectivity index (χ0n) is 10.1. The van der Waals surface area contributed by atoms with Crippen molar-refractivity contribution in [3.8, 4) is 5.75 Å². The number of urea groups is 1. The molecule has 0 saturated heterocycles. The van der Waals surface area contributed by atoms with Gasteiger partial charge in [-0.05, 0) is 37.8 Å². The molecule has 0 heterocycles. The molecule has 0 unspecified atom stereocenters. The Hall–Kier alpha value is -2.04. The Labute approximate surface area is 106 Å². The largest absolute Gasteiger partial charge is 0.490 e. The molecule has 1 aromatic rings. The second-order valence-corrected chi connectivity index (χ2v) is 4.30. The van der Waals surface area contributed by atoms with Gasteiger partial charge in [0.05, 0.1) is 12.3 Å². The van der Waals surface area contributed by atoms with Gasteiger partial charge in [-0.2, -0.15) is 5.10 Å². The number of primary amides is 1. The van der Waals surface area contributed by atoms with E-state index in [-0.39, 0.29) is 0 Å². The van der Waals surface area contributed by atoms with Gasteiger partial charge in [-0.25, -0.2) is 10.2 Å². The van der Waals surface area contributed by atoms with Crippen molar-refractivity contribution >= 4 is 12.2 Å². The number of rotatable bonds is 4. The molecule has 1 saturated carbocycles. The number of hydrogen-bond acceptors (Lipinski definition) is 3. The number of ether oxygens (including phenoxy) is 1. The van der Waals surface area contributed by atoms with Crippen LogP contribution in [0.25, 0.3) is 0 Å². The molecule has 2 rings (SSSR count). The minimum absolute atomic E-state index is 0.295. The molecule has 0 radical (unpaired) electrons. The fourth-order valence-electron chi connectivity index (χ4n) is 2.05. The van der Waals surface area contributed by atoms with Gasteiger partial charge >= 0.3 is 6.03 Å². The molecule has 0 aromatic heterocycles. The first-order valence-electron chi connectivity index (χ1n) is 6.10. The minimum atomic E-state index is -0.680. The van der Waals surface area contributed by atoms with Crippen LogP contribution in [-0.4, -0.2) is 18.3 Å². The molecule has 5 heteroatoms. The smallest absolute Gasteiger partial charge is 0.332 e. The molecular formula is C13H17N3O2. The first-order chi connectivity index (χ1) is 8.75. The van der Waals surface area contributed by atoms with E-state index in [1.807, 2.05) is 24.3 Å². The summed E-state index contributed by atoms with van der Waals surface area (Å²) in [5.41, 5.74) is 7.93. The van der Waals surface area contributed by atoms with Gasteiger partial charge in [0.2, 0.25) is 0 Å². The van der Waals surface area contributed by atoms with Gasteiger partial charge in [-0.3, -0.25) is 0 Å². The van der Waals surface area contributed by atoms with Gasteiger partial charge in [0.25, 0.3) is 0 Å². The zero-order valence-corrected chi connectivity index (χ0v) is 10.1. The number of hydrogen-bond donors (Lipinski definition) is 2. The Morgan fingerprint density at radius 1 is 1.39 bits per heavy atom. The Kier molecular flexibility index (Phi) is 4.17. The van der Waals surface area contributed by atoms with Crippen molar-refractivity contribution in [2.75, 3.05) is 0 Å². The number of nitrogens with one attached hydrogen (secondary N) is 1. The maximum absolute atomic E-state index is 10.5. The van der Waals surface area contributed by atoms with E-state index in [0.717, 1.165) is 24.2 Å². The predicted molar refractivity (Wildman–Crippen MR) is 69.6 cm³/mol. The van der Waals surface area contributed by atoms with Crippen molar-refractivity contribution in [3.63, 3.8) is 0 Å². The number of benzene rings is 1. The second-order valence-electron chi connectivity index (χ2n) is 4.30. The van der Waals surface area contributed by atoms with Crippen LogP contribution in [0.3, 0.4) is 0 Å². The Morgan fingerprint density at radius 2 is 2.11 bits per heavy atom. The SMILES string of the molecule is NC(=O)NN=Cc1ccccc1OC1CCCC1. The van der Waals surface area contributed by atoms with Crippen LogP contribution in [0.1, 0.15) is 31.2 Å². The summed E-state index contributed by atoms with van der Waals surface area (Å²) in [5, 5.41) is 3.75. The molecular weight excluding hydrogens is 230 g/mol. The molecule has 1 aliphatic carbocycles. The van der Waals surface area contributed by atoms with Gasteiger partial charge in [-0.1, -0.05) is 12.1 Å². The highest BCUT2D eigenvalue weighted by Crippen LogP contribution is 2.25. The summed E-state index contributed by atoms with van der Waals surface area (Å²) in [6, 6.07) is 6.93. The van der Waals surface area contributed by atoms with Crippen molar-refractivity contribution in [1.82, 2.24) is 5.43 Å². The van der Waals surface area contributed by atoms with Crippen LogP contribution in [0.5, 0.6) is 5.75 Å². The van der Waals surface area contributed by atoms with Gasteiger partial charge in [0, 0.05) is 5.56 Å². The molecule has 18 heavy (non-hydrogen) atoms. The third kappa shape index (κ3) is 3.48. The third-order valence-corrected chi connectivity index (χ3v) is 2.89. The molecule has 1 aromatic carbocycles. The van der Waals surface area contributed by atoms with Crippen molar-refractivity contribution in [1.29, 1.82) is 0 Å². The molecule has 0 aliphatic heterocycles. The van der Waals surface area contributed by atoms with E-state index in [1.165, 1.54) is 19.1 Å². The minimum Gasteiger partial charge on any atom is -0.490 e. The molecule has 0 spiro atoms. The van der Waals surface area contributed by atoms with Gasteiger partial charge in [0.15, 0.2) is 0 Å². The summed E-state index contributed by atoms with van der Waals surface area (Å²) in [7, 11) is 0. The lowest BCUT2D eigenvalue weighted by molar-refractivity contribution is 0.209. The quantitative estimate of drug-likeness (QED) is 0.630. The maximum Gasteiger partial charge on any atom is 0.332 e. The Bertz CT molecular complexity index is 440. The maximum atomic E-state index is 10.5. The normalized spacial score (nSPS) is 16.0. The van der Waals surface area contributed by atoms with E-state index in [9.17, 15) is 4.79 Å². The lowest BCUT2D eigenvalue weighted by Gasteiger charge is -2.14. The van der Waals surface area contributed by atoms with Gasteiger partial charge in [0.1, 0.15) is 5.75 Å². The van der Waals surface area contributed by atoms with Crippen LogP contribution in [0.2, 0.25) is 0 Å². The summed E-state index contributed by atoms with van der Waals surface area (Å²) in [4.78, 5) is 10.5. The highest BCUT2D eigenvalue weighted by molar-refractivity contribution is 5.84. The summed E-state index contributed by atoms with van der Waals surface area (Å²) in [6.45, 7) is 0. The number of para-hydroxylation sites is 1. The molecule has 0 atom stereocenters. The standard InChI is InChI=1S/C13H17N3O2/c14-13(17)16-15-9-10-5-1-4-8-12(10)18-11-6-2-3-7-11/h1,4-5,8-9,11H,2-3,6-7H2,(H3,14,16,17). The Balaban J connectivity index is 2.04. The van der Waals surface area contributed by atoms with E-state index in [4.69, 9.17) is 10.5 Å². The molecule has 2 amide bonds. The van der Waals surface area contributed by atoms with Crippen molar-refractivity contribution < 1.29 is 9.53 Å². The van der Waals surface area contributed by atoms with E-state index in [0.29, 0.717) is 6.10 Å². The topological polar surface area (TPSA) is 76.7 Å². The van der Waals surface area contributed by atoms with Crippen LogP contribution in [0, 0.1) is 0 Å². The summed E-state index contributed by atoms with van der Waals surface area (Å²) in [6.07, 6.45) is 6.49. The first kappa shape index (κ1) is 12.4. The molecule has 0 bridgehead atoms. The number of nitrogens with zero attached hydrogens (tertiary/aromatic N) is 1. The van der Waals surface area contributed by atoms with Gasteiger partial charge in [-0.15, -0.1) is 0 Å². The molecule has 1 fully saturated rings. The van der Waals surface area contributed by atoms with Crippen molar-refractivity contribution in [2.45, 2.75) is 31.8 Å². The van der Waals surface area contributed by atoms with Gasteiger partial charge < -0.3 is 10.5 Å². The number of carbonyl (C=O) groups is 1. The van der Waals surface area contributed by atoms with Crippen LogP contribution in [0.15, 0.2) is 29.4 Å². The fraction of sp³-hybridized carbons (Fsp3) is 0.385. The summed E-state index contributed by atoms with van der Waals surface area (Å²) < 4.78 is 5.93. The van der Waals surface area contributed by atoms with E-state index < -0.39 is 6.03 Å². The van der Waals surface area contributed by atoms with E-state index in [2.05, 4.69) is 10.5 Å². The molecule has 96 valence electrons. The number of amides is 2. The fourth-order valence-corrected chi connectivity index (χ4v) is 2.05.